The number of ether oxygens (including phenoxy) is 1. The Hall–Kier alpha value is -2.25. The summed E-state index contributed by atoms with van der Waals surface area (Å²) >= 11 is 0. The topological polar surface area (TPSA) is 97.3 Å². The fourth-order valence-electron chi connectivity index (χ4n) is 1.59. The third kappa shape index (κ3) is 7.51. The first kappa shape index (κ1) is 17.8. The molecule has 0 radical (unpaired) electrons. The van der Waals surface area contributed by atoms with E-state index in [-0.39, 0.29) is 12.5 Å². The molecular formula is C14H25N5O3. The summed E-state index contributed by atoms with van der Waals surface area (Å²) in [5.74, 6) is -0.101. The predicted molar refractivity (Wildman–Crippen MR) is 83.6 cm³/mol. The molecular weight excluding hydrogens is 286 g/mol. The molecule has 22 heavy (non-hydrogen) atoms. The molecule has 0 saturated heterocycles. The van der Waals surface area contributed by atoms with E-state index in [9.17, 15) is 9.59 Å². The molecule has 1 aromatic heterocycles. The fraction of sp³-hybridized carbons (Fsp3) is 0.643. The summed E-state index contributed by atoms with van der Waals surface area (Å²) < 4.78 is 6.69. The highest BCUT2D eigenvalue weighted by atomic mass is 16.6. The van der Waals surface area contributed by atoms with Crippen molar-refractivity contribution in [1.82, 2.24) is 20.4 Å². The Balaban J connectivity index is 2.17. The van der Waals surface area contributed by atoms with Crippen LogP contribution in [0.5, 0.6) is 0 Å². The van der Waals surface area contributed by atoms with Crippen LogP contribution in [0.15, 0.2) is 12.4 Å². The van der Waals surface area contributed by atoms with E-state index in [2.05, 4.69) is 21.0 Å². The van der Waals surface area contributed by atoms with Gasteiger partial charge in [0, 0.05) is 26.3 Å². The first-order valence-corrected chi connectivity index (χ1v) is 7.24. The van der Waals surface area contributed by atoms with Crippen LogP contribution in [0.4, 0.5) is 10.5 Å². The molecule has 0 atom stereocenters. The van der Waals surface area contributed by atoms with Gasteiger partial charge in [-0.25, -0.2) is 4.79 Å². The number of amides is 2. The summed E-state index contributed by atoms with van der Waals surface area (Å²) in [6, 6.07) is 0. The van der Waals surface area contributed by atoms with Gasteiger partial charge in [-0.2, -0.15) is 5.10 Å². The van der Waals surface area contributed by atoms with Crippen molar-refractivity contribution >= 4 is 17.7 Å². The number of hydrogen-bond donors (Lipinski definition) is 3. The van der Waals surface area contributed by atoms with Crippen molar-refractivity contribution in [3.8, 4) is 0 Å². The summed E-state index contributed by atoms with van der Waals surface area (Å²) in [6.45, 7) is 6.87. The lowest BCUT2D eigenvalue weighted by molar-refractivity contribution is -0.121. The molecule has 0 aliphatic heterocycles. The van der Waals surface area contributed by atoms with Crippen LogP contribution in [0.25, 0.3) is 0 Å². The Morgan fingerprint density at radius 1 is 1.32 bits per heavy atom. The molecule has 2 amide bonds. The number of carbonyl (C=O) groups excluding carboxylic acids is 2. The molecule has 1 rings (SSSR count). The second-order valence-corrected chi connectivity index (χ2v) is 5.81. The van der Waals surface area contributed by atoms with Crippen LogP contribution in [0.3, 0.4) is 0 Å². The molecule has 0 saturated carbocycles. The van der Waals surface area contributed by atoms with Gasteiger partial charge in [0.05, 0.1) is 11.9 Å². The third-order valence-electron chi connectivity index (χ3n) is 2.57. The highest BCUT2D eigenvalue weighted by Gasteiger charge is 2.15. The Bertz CT molecular complexity index is 493. The van der Waals surface area contributed by atoms with Gasteiger partial charge in [-0.15, -0.1) is 0 Å². The molecule has 0 fully saturated rings. The third-order valence-corrected chi connectivity index (χ3v) is 2.57. The number of nitrogens with one attached hydrogen (secondary N) is 3. The first-order valence-electron chi connectivity index (χ1n) is 7.24. The number of hydrogen-bond acceptors (Lipinski definition) is 5. The summed E-state index contributed by atoms with van der Waals surface area (Å²) in [7, 11) is 1.59. The van der Waals surface area contributed by atoms with E-state index in [0.717, 1.165) is 12.1 Å². The number of alkyl carbamates (subject to hydrolysis) is 1. The molecule has 8 heteroatoms. The quantitative estimate of drug-likeness (QED) is 0.652. The highest BCUT2D eigenvalue weighted by Crippen LogP contribution is 2.06. The Kier molecular flexibility index (Phi) is 6.68. The molecule has 0 aliphatic carbocycles. The smallest absolute Gasteiger partial charge is 0.407 e. The maximum atomic E-state index is 11.4. The van der Waals surface area contributed by atoms with Crippen molar-refractivity contribution in [2.75, 3.05) is 25.5 Å². The molecule has 0 unspecified atom stereocenters. The van der Waals surface area contributed by atoms with Gasteiger partial charge in [0.2, 0.25) is 5.91 Å². The van der Waals surface area contributed by atoms with Gasteiger partial charge < -0.3 is 20.7 Å². The summed E-state index contributed by atoms with van der Waals surface area (Å²) in [6.07, 6.45) is 3.76. The van der Waals surface area contributed by atoms with Gasteiger partial charge >= 0.3 is 6.09 Å². The van der Waals surface area contributed by atoms with Gasteiger partial charge in [-0.1, -0.05) is 0 Å². The van der Waals surface area contributed by atoms with E-state index in [1.165, 1.54) is 0 Å². The number of rotatable bonds is 7. The lowest BCUT2D eigenvalue weighted by Crippen LogP contribution is -2.33. The molecule has 0 spiro atoms. The van der Waals surface area contributed by atoms with E-state index in [1.54, 1.807) is 24.1 Å². The second kappa shape index (κ2) is 8.26. The lowest BCUT2D eigenvalue weighted by atomic mass is 10.2. The number of anilines is 1. The average molecular weight is 311 g/mol. The lowest BCUT2D eigenvalue weighted by Gasteiger charge is -2.19. The van der Waals surface area contributed by atoms with Crippen LogP contribution < -0.4 is 16.0 Å². The van der Waals surface area contributed by atoms with Gasteiger partial charge in [0.15, 0.2) is 0 Å². The van der Waals surface area contributed by atoms with E-state index in [1.807, 2.05) is 20.8 Å². The van der Waals surface area contributed by atoms with Crippen LogP contribution in [0, 0.1) is 0 Å². The van der Waals surface area contributed by atoms with Crippen LogP contribution in [0.2, 0.25) is 0 Å². The second-order valence-electron chi connectivity index (χ2n) is 5.81. The van der Waals surface area contributed by atoms with Gasteiger partial charge in [-0.3, -0.25) is 9.48 Å². The van der Waals surface area contributed by atoms with Gasteiger partial charge in [0.1, 0.15) is 12.1 Å². The van der Waals surface area contributed by atoms with Gasteiger partial charge in [-0.05, 0) is 27.2 Å². The molecule has 3 N–H and O–H groups in total. The zero-order chi connectivity index (χ0) is 16.6. The largest absolute Gasteiger partial charge is 0.444 e. The Labute approximate surface area is 130 Å². The fourth-order valence-corrected chi connectivity index (χ4v) is 1.59. The molecule has 0 bridgehead atoms. The minimum atomic E-state index is -0.484. The number of likely N-dealkylation sites (N-methyl/N-ethyl adjacent to an activating group) is 1. The zero-order valence-corrected chi connectivity index (χ0v) is 13.6. The first-order chi connectivity index (χ1) is 10.3. The molecule has 0 aromatic carbocycles. The number of carbonyl (C=O) groups is 2. The van der Waals surface area contributed by atoms with E-state index >= 15 is 0 Å². The van der Waals surface area contributed by atoms with Crippen LogP contribution in [-0.2, 0) is 16.1 Å². The van der Waals surface area contributed by atoms with Crippen LogP contribution in [-0.4, -0.2) is 47.5 Å². The molecule has 124 valence electrons. The normalized spacial score (nSPS) is 10.9. The average Bonchev–Trinajstić information content (AvgIpc) is 2.83. The summed E-state index contributed by atoms with van der Waals surface area (Å²) in [5, 5.41) is 12.5. The molecule has 8 nitrogen and oxygen atoms in total. The molecule has 1 aromatic rings. The summed E-state index contributed by atoms with van der Waals surface area (Å²) in [4.78, 5) is 22.6. The van der Waals surface area contributed by atoms with Crippen molar-refractivity contribution < 1.29 is 14.3 Å². The molecule has 0 aliphatic rings. The standard InChI is InChI=1S/C14H25N5O3/c1-14(2,3)22-13(21)17-7-5-6-16-11-8-18-19(9-11)10-12(20)15-4/h8-9,16H,5-7,10H2,1-4H3,(H,15,20)(H,17,21). The van der Waals surface area contributed by atoms with E-state index < -0.39 is 11.7 Å². The Morgan fingerprint density at radius 3 is 2.68 bits per heavy atom. The van der Waals surface area contributed by atoms with Crippen molar-refractivity contribution in [2.45, 2.75) is 39.3 Å². The summed E-state index contributed by atoms with van der Waals surface area (Å²) in [5.41, 5.74) is 0.350. The predicted octanol–water partition coefficient (Wildman–Crippen LogP) is 0.956. The molecule has 1 heterocycles. The van der Waals surface area contributed by atoms with Crippen molar-refractivity contribution in [2.24, 2.45) is 0 Å². The van der Waals surface area contributed by atoms with Crippen LogP contribution in [0.1, 0.15) is 27.2 Å². The Morgan fingerprint density at radius 2 is 2.05 bits per heavy atom. The minimum absolute atomic E-state index is 0.101. The minimum Gasteiger partial charge on any atom is -0.444 e. The van der Waals surface area contributed by atoms with Gasteiger partial charge in [0.25, 0.3) is 0 Å². The number of aromatic nitrogens is 2. The monoisotopic (exact) mass is 311 g/mol. The van der Waals surface area contributed by atoms with Crippen molar-refractivity contribution in [3.63, 3.8) is 0 Å². The van der Waals surface area contributed by atoms with E-state index in [0.29, 0.717) is 13.1 Å². The highest BCUT2D eigenvalue weighted by molar-refractivity contribution is 5.75. The van der Waals surface area contributed by atoms with Crippen molar-refractivity contribution in [1.29, 1.82) is 0 Å². The van der Waals surface area contributed by atoms with E-state index in [4.69, 9.17) is 4.74 Å². The maximum Gasteiger partial charge on any atom is 0.407 e. The zero-order valence-electron chi connectivity index (χ0n) is 13.6. The maximum absolute atomic E-state index is 11.4. The van der Waals surface area contributed by atoms with Crippen LogP contribution >= 0.6 is 0 Å². The SMILES string of the molecule is CNC(=O)Cn1cc(NCCCNC(=O)OC(C)(C)C)cn1. The van der Waals surface area contributed by atoms with Crippen molar-refractivity contribution in [3.05, 3.63) is 12.4 Å². The number of nitrogens with zero attached hydrogens (tertiary/aromatic N) is 2.